The summed E-state index contributed by atoms with van der Waals surface area (Å²) < 4.78 is 9.44. The van der Waals surface area contributed by atoms with Gasteiger partial charge >= 0.3 is 0 Å². The van der Waals surface area contributed by atoms with Gasteiger partial charge in [0.1, 0.15) is 15.8 Å². The van der Waals surface area contributed by atoms with Crippen LogP contribution >= 0.6 is 58.8 Å². The van der Waals surface area contributed by atoms with Crippen LogP contribution in [-0.4, -0.2) is 38.2 Å². The third-order valence-electron chi connectivity index (χ3n) is 5.40. The first-order valence-corrected chi connectivity index (χ1v) is 13.6. The quantitative estimate of drug-likeness (QED) is 0.135. The third-order valence-corrected chi connectivity index (χ3v) is 7.37. The van der Waals surface area contributed by atoms with Gasteiger partial charge in [0.25, 0.3) is 11.8 Å². The maximum atomic E-state index is 12.9. The predicted octanol–water partition coefficient (Wildman–Crippen LogP) is 6.60. The molecule has 1 N–H and O–H groups in total. The molecule has 1 fully saturated rings. The van der Waals surface area contributed by atoms with E-state index in [1.165, 1.54) is 18.9 Å². The number of methoxy groups -OCH3 is 1. The molecule has 0 aliphatic carbocycles. The van der Waals surface area contributed by atoms with E-state index in [1.807, 2.05) is 30.3 Å². The summed E-state index contributed by atoms with van der Waals surface area (Å²) in [4.78, 5) is 27.7. The molecule has 0 radical (unpaired) electrons. The summed E-state index contributed by atoms with van der Waals surface area (Å²) in [6.45, 7) is 0.413. The number of rotatable bonds is 8. The number of benzene rings is 3. The number of thioether (sulfide) groups is 1. The number of alkyl halides is 3. The molecule has 1 heterocycles. The van der Waals surface area contributed by atoms with Crippen molar-refractivity contribution >= 4 is 81.0 Å². The highest BCUT2D eigenvalue weighted by Crippen LogP contribution is 2.35. The van der Waals surface area contributed by atoms with Gasteiger partial charge in [-0.05, 0) is 53.6 Å². The Morgan fingerprint density at radius 1 is 1.03 bits per heavy atom. The van der Waals surface area contributed by atoms with Gasteiger partial charge in [-0.1, -0.05) is 101 Å². The second-order valence-corrected chi connectivity index (χ2v) is 12.1. The number of hydrogen-bond acceptors (Lipinski definition) is 6. The van der Waals surface area contributed by atoms with Crippen molar-refractivity contribution in [1.82, 2.24) is 10.2 Å². The summed E-state index contributed by atoms with van der Waals surface area (Å²) in [5, 5.41) is 2.59. The standard InChI is InChI=1S/C27H21Cl3N2O4S2/c1-35-20-13-9-19(10-14-20)23(33)31-25(27(28,29)30)36-21-11-7-17(8-12-21)15-22-24(34)32(26(37)38-22)16-18-5-3-2-4-6-18/h2-15,25H,16H2,1H3,(H,31,33)/b22-15-/t25-/m0/s1. The van der Waals surface area contributed by atoms with Gasteiger partial charge in [0.2, 0.25) is 10.0 Å². The smallest absolute Gasteiger partial charge is 0.266 e. The highest BCUT2D eigenvalue weighted by molar-refractivity contribution is 8.26. The Morgan fingerprint density at radius 3 is 2.26 bits per heavy atom. The van der Waals surface area contributed by atoms with E-state index in [0.717, 1.165) is 11.1 Å². The number of nitrogens with zero attached hydrogens (tertiary/aromatic N) is 1. The molecule has 196 valence electrons. The van der Waals surface area contributed by atoms with Crippen molar-refractivity contribution < 1.29 is 19.1 Å². The van der Waals surface area contributed by atoms with Crippen LogP contribution in [0.25, 0.3) is 6.08 Å². The van der Waals surface area contributed by atoms with E-state index in [1.54, 1.807) is 59.5 Å². The fourth-order valence-electron chi connectivity index (χ4n) is 3.46. The Labute approximate surface area is 244 Å². The zero-order chi connectivity index (χ0) is 27.3. The summed E-state index contributed by atoms with van der Waals surface area (Å²) >= 11 is 24.9. The second-order valence-electron chi connectivity index (χ2n) is 8.06. The number of nitrogens with one attached hydrogen (secondary N) is 1. The van der Waals surface area contributed by atoms with Crippen LogP contribution in [0.1, 0.15) is 21.5 Å². The zero-order valence-electron chi connectivity index (χ0n) is 19.9. The first kappa shape index (κ1) is 28.3. The molecule has 3 aromatic rings. The number of thiocarbonyl (C=S) groups is 1. The maximum absolute atomic E-state index is 12.9. The lowest BCUT2D eigenvalue weighted by Crippen LogP contribution is -2.47. The van der Waals surface area contributed by atoms with Gasteiger partial charge in [-0.2, -0.15) is 0 Å². The maximum Gasteiger partial charge on any atom is 0.266 e. The van der Waals surface area contributed by atoms with Crippen LogP contribution in [-0.2, 0) is 11.3 Å². The normalized spacial score (nSPS) is 15.5. The molecule has 0 unspecified atom stereocenters. The van der Waals surface area contributed by atoms with Crippen LogP contribution in [0.4, 0.5) is 0 Å². The number of halogens is 3. The first-order chi connectivity index (χ1) is 18.1. The summed E-state index contributed by atoms with van der Waals surface area (Å²) in [6, 6.07) is 22.9. The van der Waals surface area contributed by atoms with Crippen molar-refractivity contribution in [2.75, 3.05) is 7.11 Å². The predicted molar refractivity (Wildman–Crippen MR) is 157 cm³/mol. The largest absolute Gasteiger partial charge is 0.497 e. The number of carbonyl (C=O) groups is 2. The molecule has 0 bridgehead atoms. The molecule has 4 rings (SSSR count). The van der Waals surface area contributed by atoms with Gasteiger partial charge in [-0.25, -0.2) is 0 Å². The minimum Gasteiger partial charge on any atom is -0.497 e. The summed E-state index contributed by atoms with van der Waals surface area (Å²) in [7, 11) is 1.53. The lowest BCUT2D eigenvalue weighted by molar-refractivity contribution is -0.122. The van der Waals surface area contributed by atoms with E-state index in [-0.39, 0.29) is 5.91 Å². The Morgan fingerprint density at radius 2 is 1.66 bits per heavy atom. The Bertz CT molecular complexity index is 1350. The Balaban J connectivity index is 1.43. The van der Waals surface area contributed by atoms with Crippen molar-refractivity contribution in [3.63, 3.8) is 0 Å². The molecule has 1 aliphatic heterocycles. The van der Waals surface area contributed by atoms with E-state index in [4.69, 9.17) is 56.5 Å². The van der Waals surface area contributed by atoms with Gasteiger partial charge in [0.15, 0.2) is 0 Å². The highest BCUT2D eigenvalue weighted by Gasteiger charge is 2.36. The minimum absolute atomic E-state index is 0.151. The van der Waals surface area contributed by atoms with Crippen LogP contribution in [0.3, 0.4) is 0 Å². The fourth-order valence-corrected chi connectivity index (χ4v) is 5.01. The number of hydrogen-bond donors (Lipinski definition) is 1. The van der Waals surface area contributed by atoms with E-state index >= 15 is 0 Å². The van der Waals surface area contributed by atoms with Gasteiger partial charge in [-0.15, -0.1) is 0 Å². The molecule has 11 heteroatoms. The van der Waals surface area contributed by atoms with Crippen LogP contribution in [0.2, 0.25) is 0 Å². The SMILES string of the molecule is COc1ccc(C(=O)N[C@@H](Oc2ccc(/C=C3\SC(=S)N(Cc4ccccc4)C3=O)cc2)C(Cl)(Cl)Cl)cc1. The highest BCUT2D eigenvalue weighted by atomic mass is 35.6. The number of carbonyl (C=O) groups excluding carboxylic acids is 2. The van der Waals surface area contributed by atoms with Crippen molar-refractivity contribution in [3.05, 3.63) is 100 Å². The molecular weight excluding hydrogens is 587 g/mol. The lowest BCUT2D eigenvalue weighted by atomic mass is 10.2. The average molecular weight is 608 g/mol. The molecule has 6 nitrogen and oxygen atoms in total. The van der Waals surface area contributed by atoms with Crippen molar-refractivity contribution in [3.8, 4) is 11.5 Å². The molecular formula is C27H21Cl3N2O4S2. The van der Waals surface area contributed by atoms with Crippen LogP contribution in [0, 0.1) is 0 Å². The van der Waals surface area contributed by atoms with Crippen molar-refractivity contribution in [2.24, 2.45) is 0 Å². The summed E-state index contributed by atoms with van der Waals surface area (Å²) in [5.41, 5.74) is 2.09. The topological polar surface area (TPSA) is 67.9 Å². The van der Waals surface area contributed by atoms with Crippen molar-refractivity contribution in [2.45, 2.75) is 16.6 Å². The molecule has 1 atom stereocenters. The summed E-state index contributed by atoms with van der Waals surface area (Å²) in [6.07, 6.45) is 0.480. The molecule has 1 saturated heterocycles. The van der Waals surface area contributed by atoms with Crippen LogP contribution in [0.15, 0.2) is 83.8 Å². The third kappa shape index (κ3) is 7.21. The van der Waals surface area contributed by atoms with Gasteiger partial charge in [0.05, 0.1) is 18.6 Å². The Hall–Kier alpha value is -2.75. The van der Waals surface area contributed by atoms with Crippen LogP contribution < -0.4 is 14.8 Å². The average Bonchev–Trinajstić information content (AvgIpc) is 3.16. The van der Waals surface area contributed by atoms with E-state index in [2.05, 4.69) is 5.32 Å². The summed E-state index contributed by atoms with van der Waals surface area (Å²) in [5.74, 6) is 0.319. The van der Waals surface area contributed by atoms with Crippen LogP contribution in [0.5, 0.6) is 11.5 Å². The number of ether oxygens (including phenoxy) is 2. The van der Waals surface area contributed by atoms with E-state index < -0.39 is 15.9 Å². The molecule has 2 amide bonds. The second kappa shape index (κ2) is 12.4. The first-order valence-electron chi connectivity index (χ1n) is 11.2. The molecule has 3 aromatic carbocycles. The molecule has 0 saturated carbocycles. The molecule has 0 spiro atoms. The molecule has 1 aliphatic rings. The van der Waals surface area contributed by atoms with E-state index in [9.17, 15) is 9.59 Å². The van der Waals surface area contributed by atoms with E-state index in [0.29, 0.717) is 32.8 Å². The lowest BCUT2D eigenvalue weighted by Gasteiger charge is -2.26. The minimum atomic E-state index is -1.95. The Kier molecular flexibility index (Phi) is 9.23. The molecule has 0 aromatic heterocycles. The van der Waals surface area contributed by atoms with Gasteiger partial charge in [0, 0.05) is 5.56 Å². The monoisotopic (exact) mass is 606 g/mol. The molecule has 38 heavy (non-hydrogen) atoms. The fraction of sp³-hybridized carbons (Fsp3) is 0.148. The van der Waals surface area contributed by atoms with Gasteiger partial charge < -0.3 is 14.8 Å². The zero-order valence-corrected chi connectivity index (χ0v) is 23.8. The van der Waals surface area contributed by atoms with Crippen molar-refractivity contribution in [1.29, 1.82) is 0 Å². The van der Waals surface area contributed by atoms with Gasteiger partial charge in [-0.3, -0.25) is 14.5 Å². The number of amides is 2.